The van der Waals surface area contributed by atoms with E-state index in [2.05, 4.69) is 19.0 Å². The summed E-state index contributed by atoms with van der Waals surface area (Å²) in [5, 5.41) is 0. The van der Waals surface area contributed by atoms with E-state index in [-0.39, 0.29) is 6.04 Å². The molecular weight excluding hydrogens is 248 g/mol. The number of nitrogens with two attached hydrogens (primary N) is 1. The summed E-state index contributed by atoms with van der Waals surface area (Å²) in [7, 11) is 1.67. The normalized spacial score (nSPS) is 14.2. The first-order valence-electron chi connectivity index (χ1n) is 6.75. The highest BCUT2D eigenvalue weighted by molar-refractivity contribution is 6.59. The van der Waals surface area contributed by atoms with Crippen molar-refractivity contribution in [2.75, 3.05) is 40.5 Å². The van der Waals surface area contributed by atoms with E-state index in [0.717, 1.165) is 19.4 Å². The van der Waals surface area contributed by atoms with Crippen LogP contribution in [0, 0.1) is 0 Å². The Kier molecular flexibility index (Phi) is 9.89. The van der Waals surface area contributed by atoms with Gasteiger partial charge in [0.15, 0.2) is 0 Å². The van der Waals surface area contributed by atoms with Gasteiger partial charge in [-0.3, -0.25) is 0 Å². The topological polar surface area (TPSA) is 57.0 Å². The molecule has 0 aliphatic heterocycles. The molecule has 0 heterocycles. The second-order valence-corrected chi connectivity index (χ2v) is 7.34. The molecule has 1 atom stereocenters. The average molecular weight is 278 g/mol. The monoisotopic (exact) mass is 278 g/mol. The van der Waals surface area contributed by atoms with E-state index in [1.807, 2.05) is 20.4 Å². The van der Waals surface area contributed by atoms with Gasteiger partial charge in [-0.05, 0) is 47.3 Å². The van der Waals surface area contributed by atoms with Crippen LogP contribution in [0.25, 0.3) is 0 Å². The fourth-order valence-corrected chi connectivity index (χ4v) is 3.48. The average Bonchev–Trinajstić information content (AvgIpc) is 2.27. The Morgan fingerprint density at radius 2 is 1.67 bits per heavy atom. The van der Waals surface area contributed by atoms with E-state index >= 15 is 0 Å². The highest BCUT2D eigenvalue weighted by Gasteiger charge is 2.34. The molecule has 18 heavy (non-hydrogen) atoms. The maximum absolute atomic E-state index is 6.03. The third kappa shape index (κ3) is 9.01. The smallest absolute Gasteiger partial charge is 0.374 e. The van der Waals surface area contributed by atoms with Gasteiger partial charge < -0.3 is 23.9 Å². The molecule has 5 nitrogen and oxygen atoms in total. The van der Waals surface area contributed by atoms with Crippen molar-refractivity contribution >= 4 is 8.80 Å². The van der Waals surface area contributed by atoms with E-state index < -0.39 is 8.80 Å². The summed E-state index contributed by atoms with van der Waals surface area (Å²) in [6.07, 6.45) is 2.04. The van der Waals surface area contributed by atoms with Crippen molar-refractivity contribution in [3.63, 3.8) is 0 Å². The third-order valence-corrected chi connectivity index (χ3v) is 4.87. The molecule has 0 rings (SSSR count). The van der Waals surface area contributed by atoms with Crippen LogP contribution >= 0.6 is 0 Å². The lowest BCUT2D eigenvalue weighted by molar-refractivity contribution is 0.0681. The molecule has 0 saturated carbocycles. The van der Waals surface area contributed by atoms with Gasteiger partial charge in [0.05, 0.1) is 6.61 Å². The zero-order valence-corrected chi connectivity index (χ0v) is 13.6. The minimum absolute atomic E-state index is 0.0534. The Labute approximate surface area is 113 Å². The Balaban J connectivity index is 3.88. The second kappa shape index (κ2) is 9.88. The molecule has 110 valence electrons. The van der Waals surface area contributed by atoms with Crippen LogP contribution in [0.5, 0.6) is 0 Å². The molecule has 0 bridgehead atoms. The summed E-state index contributed by atoms with van der Waals surface area (Å²) in [4.78, 5) is 2.16. The summed E-state index contributed by atoms with van der Waals surface area (Å²) in [5.74, 6) is 0. The van der Waals surface area contributed by atoms with E-state index in [0.29, 0.717) is 19.8 Å². The molecule has 1 unspecified atom stereocenters. The largest absolute Gasteiger partial charge is 0.497 e. The SMILES string of the molecule is CCO[Si](C)(OCC)OCC(N)CCCN(C)C. The van der Waals surface area contributed by atoms with Gasteiger partial charge in [0.25, 0.3) is 0 Å². The van der Waals surface area contributed by atoms with E-state index in [1.165, 1.54) is 0 Å². The first-order chi connectivity index (χ1) is 8.43. The van der Waals surface area contributed by atoms with E-state index in [4.69, 9.17) is 19.0 Å². The lowest BCUT2D eigenvalue weighted by Crippen LogP contribution is -2.45. The van der Waals surface area contributed by atoms with Gasteiger partial charge in [0.2, 0.25) is 0 Å². The molecule has 0 radical (unpaired) electrons. The van der Waals surface area contributed by atoms with Gasteiger partial charge in [-0.25, -0.2) is 0 Å². The summed E-state index contributed by atoms with van der Waals surface area (Å²) < 4.78 is 17.0. The molecule has 0 amide bonds. The van der Waals surface area contributed by atoms with Crippen molar-refractivity contribution in [2.45, 2.75) is 39.3 Å². The highest BCUT2D eigenvalue weighted by Crippen LogP contribution is 2.10. The zero-order chi connectivity index (χ0) is 14.0. The van der Waals surface area contributed by atoms with Gasteiger partial charge >= 0.3 is 8.80 Å². The number of hydrogen-bond acceptors (Lipinski definition) is 5. The van der Waals surface area contributed by atoms with Gasteiger partial charge in [0.1, 0.15) is 0 Å². The fourth-order valence-electron chi connectivity index (χ4n) is 1.66. The molecule has 0 spiro atoms. The summed E-state index contributed by atoms with van der Waals surface area (Å²) in [6.45, 7) is 8.61. The lowest BCUT2D eigenvalue weighted by Gasteiger charge is -2.26. The third-order valence-electron chi connectivity index (χ3n) is 2.55. The van der Waals surface area contributed by atoms with Crippen molar-refractivity contribution in [3.8, 4) is 0 Å². The minimum atomic E-state index is -2.46. The van der Waals surface area contributed by atoms with Crippen molar-refractivity contribution < 1.29 is 13.3 Å². The maximum Gasteiger partial charge on any atom is 0.497 e. The van der Waals surface area contributed by atoms with Crippen LogP contribution < -0.4 is 5.73 Å². The molecule has 0 fully saturated rings. The zero-order valence-electron chi connectivity index (χ0n) is 12.6. The number of nitrogens with zero attached hydrogens (tertiary/aromatic N) is 1. The van der Waals surface area contributed by atoms with Gasteiger partial charge in [-0.2, -0.15) is 0 Å². The van der Waals surface area contributed by atoms with E-state index in [1.54, 1.807) is 0 Å². The molecule has 0 saturated heterocycles. The minimum Gasteiger partial charge on any atom is -0.374 e. The predicted molar refractivity (Wildman–Crippen MR) is 76.6 cm³/mol. The molecular formula is C12H30N2O3Si. The summed E-state index contributed by atoms with van der Waals surface area (Å²) in [5.41, 5.74) is 6.03. The van der Waals surface area contributed by atoms with Crippen LogP contribution in [0.4, 0.5) is 0 Å². The predicted octanol–water partition coefficient (Wildman–Crippen LogP) is 1.31. The molecule has 0 aromatic carbocycles. The Morgan fingerprint density at radius 3 is 2.11 bits per heavy atom. The highest BCUT2D eigenvalue weighted by atomic mass is 28.4. The van der Waals surface area contributed by atoms with Crippen LogP contribution in [0.2, 0.25) is 6.55 Å². The first kappa shape index (κ1) is 18.0. The second-order valence-electron chi connectivity index (χ2n) is 4.74. The van der Waals surface area contributed by atoms with Crippen molar-refractivity contribution in [2.24, 2.45) is 5.73 Å². The number of rotatable bonds is 11. The van der Waals surface area contributed by atoms with Crippen LogP contribution in [0.15, 0.2) is 0 Å². The lowest BCUT2D eigenvalue weighted by atomic mass is 10.2. The summed E-state index contributed by atoms with van der Waals surface area (Å²) in [6, 6.07) is 0.0534. The first-order valence-corrected chi connectivity index (χ1v) is 8.98. The molecule has 0 aromatic heterocycles. The van der Waals surface area contributed by atoms with Crippen molar-refractivity contribution in [1.82, 2.24) is 4.90 Å². The van der Waals surface area contributed by atoms with Gasteiger partial charge in [-0.1, -0.05) is 0 Å². The van der Waals surface area contributed by atoms with Gasteiger partial charge in [0, 0.05) is 25.8 Å². The Morgan fingerprint density at radius 1 is 1.11 bits per heavy atom. The molecule has 6 heteroatoms. The van der Waals surface area contributed by atoms with Crippen LogP contribution in [-0.4, -0.2) is 60.2 Å². The fraction of sp³-hybridized carbons (Fsp3) is 1.00. The Hall–Kier alpha value is 0.0169. The molecule has 0 aromatic rings. The van der Waals surface area contributed by atoms with E-state index in [9.17, 15) is 0 Å². The number of hydrogen-bond donors (Lipinski definition) is 1. The quantitative estimate of drug-likeness (QED) is 0.578. The molecule has 0 aliphatic carbocycles. The molecule has 2 N–H and O–H groups in total. The maximum atomic E-state index is 6.03. The van der Waals surface area contributed by atoms with Crippen LogP contribution in [0.1, 0.15) is 26.7 Å². The summed E-state index contributed by atoms with van der Waals surface area (Å²) >= 11 is 0. The standard InChI is InChI=1S/C12H30N2O3Si/c1-6-15-18(5,16-7-2)17-11-12(13)9-8-10-14(3)4/h12H,6-11,13H2,1-5H3. The van der Waals surface area contributed by atoms with Crippen molar-refractivity contribution in [3.05, 3.63) is 0 Å². The molecule has 0 aliphatic rings. The van der Waals surface area contributed by atoms with Gasteiger partial charge in [-0.15, -0.1) is 0 Å². The Bertz CT molecular complexity index is 200. The van der Waals surface area contributed by atoms with Crippen LogP contribution in [0.3, 0.4) is 0 Å². The van der Waals surface area contributed by atoms with Crippen LogP contribution in [-0.2, 0) is 13.3 Å². The van der Waals surface area contributed by atoms with Crippen molar-refractivity contribution in [1.29, 1.82) is 0 Å².